The zero-order valence-corrected chi connectivity index (χ0v) is 8.00. The van der Waals surface area contributed by atoms with Crippen molar-refractivity contribution in [1.82, 2.24) is 0 Å². The van der Waals surface area contributed by atoms with Crippen molar-refractivity contribution < 1.29 is 13.6 Å². The summed E-state index contributed by atoms with van der Waals surface area (Å²) in [6.07, 6.45) is -2.10. The molecular weight excluding hydrogens is 238 g/mol. The van der Waals surface area contributed by atoms with E-state index in [1.54, 1.807) is 0 Å². The molecule has 0 spiro atoms. The number of hydrogen-bond acceptors (Lipinski definition) is 2. The molecule has 64 valence electrons. The predicted octanol–water partition coefficient (Wildman–Crippen LogP) is 2.29. The highest BCUT2D eigenvalue weighted by Gasteiger charge is 2.33. The van der Waals surface area contributed by atoms with Crippen molar-refractivity contribution in [2.24, 2.45) is 5.92 Å². The number of thioether (sulfide) groups is 1. The van der Waals surface area contributed by atoms with Crippen molar-refractivity contribution in [2.45, 2.75) is 17.7 Å². The molecule has 11 heavy (non-hydrogen) atoms. The minimum absolute atomic E-state index is 0.0510. The Labute approximate surface area is 76.0 Å². The van der Waals surface area contributed by atoms with E-state index in [0.717, 1.165) is 0 Å². The summed E-state index contributed by atoms with van der Waals surface area (Å²) in [7, 11) is 0. The zero-order chi connectivity index (χ0) is 8.43. The van der Waals surface area contributed by atoms with Crippen LogP contribution in [0.15, 0.2) is 0 Å². The number of halogens is 3. The Hall–Kier alpha value is 0.360. The maximum absolute atomic E-state index is 11.9. The van der Waals surface area contributed by atoms with Crippen molar-refractivity contribution in [1.29, 1.82) is 0 Å². The second kappa shape index (κ2) is 3.85. The molecule has 0 bridgehead atoms. The van der Waals surface area contributed by atoms with Gasteiger partial charge in [-0.3, -0.25) is 4.79 Å². The van der Waals surface area contributed by atoms with Crippen molar-refractivity contribution in [3.63, 3.8) is 0 Å². The fourth-order valence-electron chi connectivity index (χ4n) is 0.808. The van der Waals surface area contributed by atoms with Gasteiger partial charge < -0.3 is 0 Å². The van der Waals surface area contributed by atoms with Crippen LogP contribution < -0.4 is 0 Å². The molecule has 1 rings (SSSR count). The zero-order valence-electron chi connectivity index (χ0n) is 5.60. The molecule has 0 aromatic carbocycles. The Morgan fingerprint density at radius 3 is 2.64 bits per heavy atom. The lowest BCUT2D eigenvalue weighted by atomic mass is 10.1. The summed E-state index contributed by atoms with van der Waals surface area (Å²) < 4.78 is 23.8. The molecule has 0 aromatic rings. The number of alkyl halides is 3. The number of carbonyl (C=O) groups is 1. The van der Waals surface area contributed by atoms with Crippen LogP contribution in [-0.4, -0.2) is 22.1 Å². The quantitative estimate of drug-likeness (QED) is 0.709. The van der Waals surface area contributed by atoms with Gasteiger partial charge in [0.2, 0.25) is 0 Å². The summed E-state index contributed by atoms with van der Waals surface area (Å²) >= 11 is 4.05. The maximum Gasteiger partial charge on any atom is 0.250 e. The molecule has 1 nitrogen and oxygen atoms in total. The highest BCUT2D eigenvalue weighted by molar-refractivity contribution is 9.09. The van der Waals surface area contributed by atoms with Gasteiger partial charge >= 0.3 is 0 Å². The number of rotatable bonds is 3. The second-order valence-electron chi connectivity index (χ2n) is 2.41. The summed E-state index contributed by atoms with van der Waals surface area (Å²) in [4.78, 5) is 9.86. The van der Waals surface area contributed by atoms with Gasteiger partial charge in [-0.15, -0.1) is 0 Å². The molecule has 1 fully saturated rings. The lowest BCUT2D eigenvalue weighted by Gasteiger charge is -2.24. The van der Waals surface area contributed by atoms with E-state index in [4.69, 9.17) is 0 Å². The van der Waals surface area contributed by atoms with Gasteiger partial charge in [0.05, 0.1) is 4.83 Å². The summed E-state index contributed by atoms with van der Waals surface area (Å²) in [5, 5.41) is 0.0510. The van der Waals surface area contributed by atoms with E-state index >= 15 is 0 Å². The van der Waals surface area contributed by atoms with Gasteiger partial charge in [0.25, 0.3) is 6.43 Å². The van der Waals surface area contributed by atoms with Crippen LogP contribution in [0.25, 0.3) is 0 Å². The largest absolute Gasteiger partial charge is 0.287 e. The van der Waals surface area contributed by atoms with Gasteiger partial charge in [-0.25, -0.2) is 8.78 Å². The highest BCUT2D eigenvalue weighted by Crippen LogP contribution is 2.33. The number of hydrogen-bond donors (Lipinski definition) is 0. The van der Waals surface area contributed by atoms with E-state index in [9.17, 15) is 13.6 Å². The van der Waals surface area contributed by atoms with Gasteiger partial charge in [0.15, 0.2) is 5.12 Å². The van der Waals surface area contributed by atoms with E-state index in [1.165, 1.54) is 11.8 Å². The van der Waals surface area contributed by atoms with E-state index in [2.05, 4.69) is 15.9 Å². The molecule has 1 heterocycles. The third-order valence-corrected chi connectivity index (χ3v) is 3.50. The van der Waals surface area contributed by atoms with E-state index < -0.39 is 11.3 Å². The first-order valence-electron chi connectivity index (χ1n) is 3.20. The van der Waals surface area contributed by atoms with Crippen LogP contribution in [0.4, 0.5) is 8.78 Å². The lowest BCUT2D eigenvalue weighted by Crippen LogP contribution is -2.29. The fraction of sp³-hybridized carbons (Fsp3) is 0.833. The lowest BCUT2D eigenvalue weighted by molar-refractivity contribution is -0.115. The first-order chi connectivity index (χ1) is 5.11. The van der Waals surface area contributed by atoms with Crippen molar-refractivity contribution in [2.75, 3.05) is 5.75 Å². The van der Waals surface area contributed by atoms with Gasteiger partial charge in [-0.1, -0.05) is 27.7 Å². The molecule has 0 amide bonds. The third-order valence-electron chi connectivity index (χ3n) is 1.54. The molecule has 2 atom stereocenters. The van der Waals surface area contributed by atoms with Gasteiger partial charge in [0, 0.05) is 11.7 Å². The standard InChI is InChI=1S/C6H7BrF2OS/c7-4(5(8)9)1-3-2-11-6(3)10/h3-5H,1-2H2. The average Bonchev–Trinajstić information content (AvgIpc) is 1.96. The summed E-state index contributed by atoms with van der Waals surface area (Å²) in [5.41, 5.74) is 0. The van der Waals surface area contributed by atoms with Crippen LogP contribution in [0.5, 0.6) is 0 Å². The molecule has 0 saturated carbocycles. The monoisotopic (exact) mass is 244 g/mol. The maximum atomic E-state index is 11.9. The highest BCUT2D eigenvalue weighted by atomic mass is 79.9. The second-order valence-corrected chi connectivity index (χ2v) is 4.61. The molecule has 0 N–H and O–H groups in total. The first kappa shape index (κ1) is 9.45. The molecule has 1 aliphatic heterocycles. The van der Waals surface area contributed by atoms with Crippen LogP contribution in [0.3, 0.4) is 0 Å². The SMILES string of the molecule is O=C1SCC1CC(Br)C(F)F. The molecular formula is C6H7BrF2OS. The van der Waals surface area contributed by atoms with Crippen molar-refractivity contribution in [3.05, 3.63) is 0 Å². The Morgan fingerprint density at radius 1 is 1.73 bits per heavy atom. The molecule has 0 aliphatic carbocycles. The fourth-order valence-corrected chi connectivity index (χ4v) is 2.03. The van der Waals surface area contributed by atoms with Crippen LogP contribution in [0.1, 0.15) is 6.42 Å². The summed E-state index contributed by atoms with van der Waals surface area (Å²) in [5.74, 6) is 0.562. The van der Waals surface area contributed by atoms with Crippen LogP contribution >= 0.6 is 27.7 Å². The van der Waals surface area contributed by atoms with Crippen LogP contribution in [0.2, 0.25) is 0 Å². The van der Waals surface area contributed by atoms with Gasteiger partial charge in [0.1, 0.15) is 0 Å². The normalized spacial score (nSPS) is 26.9. The molecule has 2 unspecified atom stereocenters. The van der Waals surface area contributed by atoms with Crippen molar-refractivity contribution >= 4 is 32.8 Å². The predicted molar refractivity (Wildman–Crippen MR) is 44.3 cm³/mol. The minimum Gasteiger partial charge on any atom is -0.287 e. The summed E-state index contributed by atoms with van der Waals surface area (Å²) in [6, 6.07) is 0. The van der Waals surface area contributed by atoms with E-state index in [-0.39, 0.29) is 17.5 Å². The number of carbonyl (C=O) groups excluding carboxylic acids is 1. The molecule has 1 saturated heterocycles. The molecule has 1 aliphatic rings. The molecule has 5 heteroatoms. The Balaban J connectivity index is 2.25. The topological polar surface area (TPSA) is 17.1 Å². The van der Waals surface area contributed by atoms with E-state index in [0.29, 0.717) is 5.75 Å². The molecule has 0 radical (unpaired) electrons. The Morgan fingerprint density at radius 2 is 2.36 bits per heavy atom. The summed E-state index contributed by atoms with van der Waals surface area (Å²) in [6.45, 7) is 0. The van der Waals surface area contributed by atoms with Crippen LogP contribution in [0, 0.1) is 5.92 Å². The Kier molecular flexibility index (Phi) is 3.30. The third kappa shape index (κ3) is 2.40. The van der Waals surface area contributed by atoms with Crippen LogP contribution in [-0.2, 0) is 4.79 Å². The van der Waals surface area contributed by atoms with E-state index in [1.807, 2.05) is 0 Å². The minimum atomic E-state index is -2.37. The smallest absolute Gasteiger partial charge is 0.250 e. The van der Waals surface area contributed by atoms with Crippen molar-refractivity contribution in [3.8, 4) is 0 Å². The Bertz CT molecular complexity index is 165. The van der Waals surface area contributed by atoms with Gasteiger partial charge in [-0.2, -0.15) is 0 Å². The molecule has 0 aromatic heterocycles. The van der Waals surface area contributed by atoms with Gasteiger partial charge in [-0.05, 0) is 6.42 Å². The average molecular weight is 245 g/mol. The first-order valence-corrected chi connectivity index (χ1v) is 5.10.